The van der Waals surface area contributed by atoms with E-state index in [0.717, 1.165) is 17.9 Å². The van der Waals surface area contributed by atoms with Crippen LogP contribution in [0.4, 0.5) is 5.00 Å². The molecule has 2 aromatic heterocycles. The van der Waals surface area contributed by atoms with Crippen LogP contribution >= 0.6 is 11.3 Å². The number of carbonyl (C=O) groups is 1. The second-order valence-electron chi connectivity index (χ2n) is 5.85. The van der Waals surface area contributed by atoms with Gasteiger partial charge in [0.15, 0.2) is 0 Å². The normalized spacial score (nSPS) is 15.7. The van der Waals surface area contributed by atoms with E-state index >= 15 is 0 Å². The maximum Gasteiger partial charge on any atom is 0.341 e. The van der Waals surface area contributed by atoms with E-state index in [2.05, 4.69) is 10.4 Å². The van der Waals surface area contributed by atoms with E-state index in [1.54, 1.807) is 10.6 Å². The highest BCUT2D eigenvalue weighted by molar-refractivity contribution is 7.22. The molecule has 1 fully saturated rings. The molecule has 0 bridgehead atoms. The zero-order valence-corrected chi connectivity index (χ0v) is 14.4. The van der Waals surface area contributed by atoms with Gasteiger partial charge in [-0.2, -0.15) is 0 Å². The van der Waals surface area contributed by atoms with E-state index in [4.69, 9.17) is 4.84 Å². The molecule has 0 saturated carbocycles. The molecule has 0 radical (unpaired) electrons. The number of piperidine rings is 1. The highest BCUT2D eigenvalue weighted by Crippen LogP contribution is 2.28. The average molecular weight is 351 g/mol. The number of nitrogens with zero attached hydrogens (tertiary/aromatic N) is 2. The predicted octanol–water partition coefficient (Wildman–Crippen LogP) is 2.57. The van der Waals surface area contributed by atoms with Crippen molar-refractivity contribution in [3.63, 3.8) is 0 Å². The summed E-state index contributed by atoms with van der Waals surface area (Å²) in [5, 5.41) is 10.3. The molecule has 130 valence electrons. The third-order valence-corrected chi connectivity index (χ3v) is 5.26. The smallest absolute Gasteiger partial charge is 0.341 e. The van der Waals surface area contributed by atoms with Crippen LogP contribution in [0.3, 0.4) is 0 Å². The number of fused-ring (bicyclic) bond motifs is 1. The first-order valence-electron chi connectivity index (χ1n) is 8.10. The third kappa shape index (κ3) is 3.45. The van der Waals surface area contributed by atoms with Gasteiger partial charge in [-0.05, 0) is 25.8 Å². The van der Waals surface area contributed by atoms with Crippen LogP contribution in [0.1, 0.15) is 36.5 Å². The Kier molecular flexibility index (Phi) is 5.17. The molecule has 0 spiro atoms. The summed E-state index contributed by atoms with van der Waals surface area (Å²) in [6.07, 6.45) is 5.07. The molecule has 3 heterocycles. The maximum absolute atomic E-state index is 12.3. The Balaban J connectivity index is 1.78. The lowest BCUT2D eigenvalue weighted by molar-refractivity contribution is 0.0496. The van der Waals surface area contributed by atoms with Crippen molar-refractivity contribution in [2.24, 2.45) is 0 Å². The van der Waals surface area contributed by atoms with Crippen molar-refractivity contribution in [1.29, 1.82) is 0 Å². The summed E-state index contributed by atoms with van der Waals surface area (Å²) in [6.45, 7) is 5.07. The highest BCUT2D eigenvalue weighted by Gasteiger charge is 2.17. The Labute approximate surface area is 143 Å². The van der Waals surface area contributed by atoms with Crippen LogP contribution in [0.25, 0.3) is 10.2 Å². The monoisotopic (exact) mass is 351 g/mol. The van der Waals surface area contributed by atoms with Gasteiger partial charge in [-0.3, -0.25) is 20.0 Å². The van der Waals surface area contributed by atoms with Crippen molar-refractivity contribution >= 4 is 32.5 Å². The van der Waals surface area contributed by atoms with E-state index in [1.807, 2.05) is 6.92 Å². The number of nitrogens with one attached hydrogen (secondary N) is 1. The van der Waals surface area contributed by atoms with Gasteiger partial charge in [0.25, 0.3) is 0 Å². The van der Waals surface area contributed by atoms with Gasteiger partial charge in [0, 0.05) is 25.8 Å². The Bertz CT molecular complexity index is 792. The van der Waals surface area contributed by atoms with Crippen LogP contribution in [0.5, 0.6) is 0 Å². The predicted molar refractivity (Wildman–Crippen MR) is 93.7 cm³/mol. The molecule has 0 amide bonds. The summed E-state index contributed by atoms with van der Waals surface area (Å²) < 4.78 is 1.78. The summed E-state index contributed by atoms with van der Waals surface area (Å²) in [7, 11) is 0. The molecule has 7 nitrogen and oxygen atoms in total. The van der Waals surface area contributed by atoms with Crippen molar-refractivity contribution in [2.45, 2.75) is 32.7 Å². The number of aromatic nitrogens is 1. The number of carboxylic acids is 1. The molecule has 2 N–H and O–H groups in total. The lowest BCUT2D eigenvalue weighted by atomic mass is 10.1. The molecule has 1 saturated heterocycles. The minimum atomic E-state index is -1.20. The maximum atomic E-state index is 12.3. The lowest BCUT2D eigenvalue weighted by Gasteiger charge is -2.25. The Hall–Kier alpha value is -1.90. The molecule has 3 rings (SSSR count). The number of anilines is 1. The van der Waals surface area contributed by atoms with Gasteiger partial charge in [0.2, 0.25) is 5.43 Å². The molecule has 24 heavy (non-hydrogen) atoms. The molecule has 1 aliphatic rings. The quantitative estimate of drug-likeness (QED) is 0.778. The zero-order chi connectivity index (χ0) is 17.1. The van der Waals surface area contributed by atoms with Gasteiger partial charge in [0.05, 0.1) is 5.39 Å². The zero-order valence-electron chi connectivity index (χ0n) is 13.6. The number of rotatable bonds is 6. The van der Waals surface area contributed by atoms with Crippen molar-refractivity contribution in [3.8, 4) is 0 Å². The summed E-state index contributed by atoms with van der Waals surface area (Å²) in [5.74, 6) is -1.20. The van der Waals surface area contributed by atoms with Crippen LogP contribution < -0.4 is 10.9 Å². The SMILES string of the molecule is CCn1cc(C(=O)O)c(=O)c2cc(NOCN3CCCCC3)sc21. The number of aromatic carboxylic acids is 1. The van der Waals surface area contributed by atoms with E-state index in [0.29, 0.717) is 23.7 Å². The summed E-state index contributed by atoms with van der Waals surface area (Å²) in [4.78, 5) is 32.1. The fourth-order valence-electron chi connectivity index (χ4n) is 2.90. The van der Waals surface area contributed by atoms with Crippen LogP contribution in [-0.2, 0) is 11.4 Å². The van der Waals surface area contributed by atoms with Crippen LogP contribution in [-0.4, -0.2) is 40.4 Å². The summed E-state index contributed by atoms with van der Waals surface area (Å²) in [5.41, 5.74) is 2.22. The molecule has 0 aliphatic carbocycles. The number of pyridine rings is 1. The molecular formula is C16H21N3O4S. The molecule has 0 atom stereocenters. The molecule has 8 heteroatoms. The molecule has 2 aromatic rings. The van der Waals surface area contributed by atoms with E-state index in [1.165, 1.54) is 36.8 Å². The fraction of sp³-hybridized carbons (Fsp3) is 0.500. The van der Waals surface area contributed by atoms with Gasteiger partial charge < -0.3 is 9.67 Å². The number of hydrogen-bond donors (Lipinski definition) is 2. The lowest BCUT2D eigenvalue weighted by Crippen LogP contribution is -2.32. The van der Waals surface area contributed by atoms with Gasteiger partial charge in [-0.1, -0.05) is 17.8 Å². The first-order chi connectivity index (χ1) is 11.6. The van der Waals surface area contributed by atoms with E-state index < -0.39 is 11.4 Å². The third-order valence-electron chi connectivity index (χ3n) is 4.19. The van der Waals surface area contributed by atoms with Crippen LogP contribution in [0.15, 0.2) is 17.1 Å². The Morgan fingerprint density at radius 1 is 1.38 bits per heavy atom. The van der Waals surface area contributed by atoms with Gasteiger partial charge in [-0.25, -0.2) is 4.79 Å². The number of carboxylic acid groups (broad SMARTS) is 1. The molecule has 1 aliphatic heterocycles. The second-order valence-corrected chi connectivity index (χ2v) is 6.88. The molecule has 0 aromatic carbocycles. The number of thiophene rings is 1. The van der Waals surface area contributed by atoms with E-state index in [9.17, 15) is 14.7 Å². The fourth-order valence-corrected chi connectivity index (χ4v) is 3.94. The standard InChI is InChI=1S/C16H21N3O4S/c1-2-19-9-12(16(21)22)14(20)11-8-13(24-15(11)19)17-23-10-18-6-4-3-5-7-18/h8-9,17H,2-7,10H2,1H3,(H,21,22). The minimum absolute atomic E-state index is 0.206. The van der Waals surface area contributed by atoms with Crippen LogP contribution in [0.2, 0.25) is 0 Å². The Morgan fingerprint density at radius 2 is 2.12 bits per heavy atom. The highest BCUT2D eigenvalue weighted by atomic mass is 32.1. The largest absolute Gasteiger partial charge is 0.477 e. The number of hydrogen-bond acceptors (Lipinski definition) is 6. The topological polar surface area (TPSA) is 83.8 Å². The average Bonchev–Trinajstić information content (AvgIpc) is 3.01. The van der Waals surface area contributed by atoms with Crippen molar-refractivity contribution < 1.29 is 14.7 Å². The van der Waals surface area contributed by atoms with Gasteiger partial charge >= 0.3 is 5.97 Å². The second kappa shape index (κ2) is 7.33. The van der Waals surface area contributed by atoms with Gasteiger partial charge in [0.1, 0.15) is 22.1 Å². The van der Waals surface area contributed by atoms with Crippen molar-refractivity contribution in [1.82, 2.24) is 9.47 Å². The first kappa shape index (κ1) is 16.9. The molecular weight excluding hydrogens is 330 g/mol. The summed E-state index contributed by atoms with van der Waals surface area (Å²) in [6, 6.07) is 1.66. The first-order valence-corrected chi connectivity index (χ1v) is 8.92. The Morgan fingerprint density at radius 3 is 2.79 bits per heavy atom. The van der Waals surface area contributed by atoms with Crippen molar-refractivity contribution in [3.05, 3.63) is 28.0 Å². The number of likely N-dealkylation sites (tertiary alicyclic amines) is 1. The number of aryl methyl sites for hydroxylation is 1. The summed E-state index contributed by atoms with van der Waals surface area (Å²) >= 11 is 1.39. The molecule has 0 unspecified atom stereocenters. The van der Waals surface area contributed by atoms with E-state index in [-0.39, 0.29) is 5.56 Å². The minimum Gasteiger partial charge on any atom is -0.477 e. The van der Waals surface area contributed by atoms with Crippen LogP contribution in [0, 0.1) is 0 Å². The van der Waals surface area contributed by atoms with Crippen molar-refractivity contribution in [2.75, 3.05) is 25.3 Å². The van der Waals surface area contributed by atoms with Gasteiger partial charge in [-0.15, -0.1) is 0 Å².